The van der Waals surface area contributed by atoms with Crippen molar-refractivity contribution >= 4 is 23.5 Å². The summed E-state index contributed by atoms with van der Waals surface area (Å²) in [7, 11) is 0. The quantitative estimate of drug-likeness (QED) is 0.861. The van der Waals surface area contributed by atoms with Crippen molar-refractivity contribution in [3.05, 3.63) is 5.69 Å². The third-order valence-electron chi connectivity index (χ3n) is 2.91. The fraction of sp³-hybridized carbons (Fsp3) is 0.500. The molecule has 0 aromatic carbocycles. The van der Waals surface area contributed by atoms with Gasteiger partial charge >= 0.3 is 0 Å². The van der Waals surface area contributed by atoms with Crippen molar-refractivity contribution in [3.8, 4) is 6.07 Å². The van der Waals surface area contributed by atoms with Gasteiger partial charge in [-0.3, -0.25) is 4.79 Å². The van der Waals surface area contributed by atoms with Crippen LogP contribution >= 0.6 is 11.8 Å². The van der Waals surface area contributed by atoms with Crippen molar-refractivity contribution < 1.29 is 9.18 Å². The average Bonchev–Trinajstić information content (AvgIpc) is 2.76. The number of halogens is 1. The van der Waals surface area contributed by atoms with Crippen LogP contribution in [-0.4, -0.2) is 26.9 Å². The van der Waals surface area contributed by atoms with Crippen LogP contribution in [0.3, 0.4) is 0 Å². The van der Waals surface area contributed by atoms with Gasteiger partial charge in [-0.15, -0.1) is 0 Å². The molecule has 1 aromatic heterocycles. The third-order valence-corrected chi connectivity index (χ3v) is 3.87. The van der Waals surface area contributed by atoms with Gasteiger partial charge in [0.2, 0.25) is 0 Å². The molecule has 0 saturated heterocycles. The first kappa shape index (κ1) is 10.6. The second kappa shape index (κ2) is 3.47. The van der Waals surface area contributed by atoms with Gasteiger partial charge in [-0.1, -0.05) is 11.8 Å². The minimum atomic E-state index is -1.74. The van der Waals surface area contributed by atoms with Crippen molar-refractivity contribution in [1.82, 2.24) is 9.55 Å². The number of carbonyl (C=O) groups excluding carboxylic acids is 1. The molecule has 1 aromatic rings. The lowest BCUT2D eigenvalue weighted by atomic mass is 10.3. The van der Waals surface area contributed by atoms with Crippen LogP contribution in [0.2, 0.25) is 0 Å². The lowest BCUT2D eigenvalue weighted by Gasteiger charge is -2.05. The van der Waals surface area contributed by atoms with E-state index < -0.39 is 11.6 Å². The molecule has 2 heterocycles. The van der Waals surface area contributed by atoms with E-state index in [1.807, 2.05) is 6.07 Å². The minimum Gasteiger partial charge on any atom is -0.308 e. The van der Waals surface area contributed by atoms with Crippen LogP contribution in [0.15, 0.2) is 5.16 Å². The second-order valence-electron chi connectivity index (χ2n) is 4.12. The third kappa shape index (κ3) is 1.60. The van der Waals surface area contributed by atoms with E-state index in [-0.39, 0.29) is 18.7 Å². The van der Waals surface area contributed by atoms with Crippen molar-refractivity contribution in [2.75, 3.05) is 11.1 Å². The standard InChI is InChI=1S/C10H9FN4OS/c11-10(1-2-10)8(16)13-7-6(5-12)15-3-4-17-9(15)14-7/h1-4H2,(H,13,16). The first-order chi connectivity index (χ1) is 8.14. The summed E-state index contributed by atoms with van der Waals surface area (Å²) < 4.78 is 15.2. The van der Waals surface area contributed by atoms with E-state index in [0.29, 0.717) is 17.4 Å². The normalized spacial score (nSPS) is 19.5. The largest absolute Gasteiger partial charge is 0.308 e. The Labute approximate surface area is 101 Å². The molecule has 0 atom stereocenters. The zero-order chi connectivity index (χ0) is 12.0. The van der Waals surface area contributed by atoms with Gasteiger partial charge in [-0.2, -0.15) is 5.26 Å². The van der Waals surface area contributed by atoms with E-state index in [1.165, 1.54) is 11.8 Å². The Kier molecular flexibility index (Phi) is 2.16. The number of anilines is 1. The molecule has 1 aliphatic heterocycles. The van der Waals surface area contributed by atoms with Gasteiger partial charge in [-0.25, -0.2) is 9.37 Å². The summed E-state index contributed by atoms with van der Waals surface area (Å²) in [5, 5.41) is 12.2. The number of hydrogen-bond donors (Lipinski definition) is 1. The van der Waals surface area contributed by atoms with Gasteiger partial charge in [0, 0.05) is 12.3 Å². The molecular weight excluding hydrogens is 243 g/mol. The van der Waals surface area contributed by atoms with E-state index in [4.69, 9.17) is 5.26 Å². The number of aromatic nitrogens is 2. The molecule has 3 rings (SSSR count). The van der Waals surface area contributed by atoms with Crippen LogP contribution in [-0.2, 0) is 11.3 Å². The highest BCUT2D eigenvalue weighted by Crippen LogP contribution is 2.41. The zero-order valence-corrected chi connectivity index (χ0v) is 9.68. The first-order valence-electron chi connectivity index (χ1n) is 5.28. The number of carbonyl (C=O) groups is 1. The number of imidazole rings is 1. The predicted molar refractivity (Wildman–Crippen MR) is 59.4 cm³/mol. The van der Waals surface area contributed by atoms with E-state index in [9.17, 15) is 9.18 Å². The molecule has 88 valence electrons. The smallest absolute Gasteiger partial charge is 0.263 e. The molecule has 1 N–H and O–H groups in total. The van der Waals surface area contributed by atoms with Gasteiger partial charge in [0.05, 0.1) is 0 Å². The van der Waals surface area contributed by atoms with E-state index >= 15 is 0 Å². The summed E-state index contributed by atoms with van der Waals surface area (Å²) >= 11 is 1.52. The van der Waals surface area contributed by atoms with Crippen LogP contribution in [0.1, 0.15) is 18.5 Å². The van der Waals surface area contributed by atoms with Crippen molar-refractivity contribution in [2.45, 2.75) is 30.2 Å². The summed E-state index contributed by atoms with van der Waals surface area (Å²) in [4.78, 5) is 15.7. The fourth-order valence-corrected chi connectivity index (χ4v) is 2.69. The van der Waals surface area contributed by atoms with Crippen molar-refractivity contribution in [3.63, 3.8) is 0 Å². The molecule has 5 nitrogen and oxygen atoms in total. The van der Waals surface area contributed by atoms with Gasteiger partial charge < -0.3 is 9.88 Å². The number of nitriles is 1. The van der Waals surface area contributed by atoms with Crippen LogP contribution in [0.4, 0.5) is 10.2 Å². The molecule has 0 bridgehead atoms. The number of rotatable bonds is 2. The molecule has 1 saturated carbocycles. The number of nitrogens with zero attached hydrogens (tertiary/aromatic N) is 3. The van der Waals surface area contributed by atoms with Gasteiger partial charge in [0.25, 0.3) is 5.91 Å². The van der Waals surface area contributed by atoms with E-state index in [1.54, 1.807) is 4.57 Å². The maximum atomic E-state index is 13.5. The highest BCUT2D eigenvalue weighted by Gasteiger charge is 2.51. The average molecular weight is 252 g/mol. The maximum Gasteiger partial charge on any atom is 0.263 e. The van der Waals surface area contributed by atoms with Crippen LogP contribution < -0.4 is 5.32 Å². The summed E-state index contributed by atoms with van der Waals surface area (Å²) in [5.41, 5.74) is -1.43. The SMILES string of the molecule is N#Cc1c(NC(=O)C2(F)CC2)nc2n1CCS2. The Bertz CT molecular complexity index is 543. The number of amides is 1. The Morgan fingerprint density at radius 1 is 1.65 bits per heavy atom. The fourth-order valence-electron chi connectivity index (χ4n) is 1.74. The lowest BCUT2D eigenvalue weighted by molar-refractivity contribution is -0.122. The molecule has 1 fully saturated rings. The monoisotopic (exact) mass is 252 g/mol. The zero-order valence-electron chi connectivity index (χ0n) is 8.86. The van der Waals surface area contributed by atoms with Crippen molar-refractivity contribution in [2.24, 2.45) is 0 Å². The summed E-state index contributed by atoms with van der Waals surface area (Å²) in [5.74, 6) is 0.373. The molecule has 0 unspecified atom stereocenters. The van der Waals surface area contributed by atoms with Gasteiger partial charge in [0.1, 0.15) is 6.07 Å². The molecule has 1 amide bonds. The van der Waals surface area contributed by atoms with E-state index in [2.05, 4.69) is 10.3 Å². The molecule has 7 heteroatoms. The number of fused-ring (bicyclic) bond motifs is 1. The minimum absolute atomic E-state index is 0.184. The lowest BCUT2D eigenvalue weighted by Crippen LogP contribution is -2.26. The molecule has 2 aliphatic rings. The topological polar surface area (TPSA) is 70.7 Å². The van der Waals surface area contributed by atoms with Crippen molar-refractivity contribution in [1.29, 1.82) is 5.26 Å². The molecule has 17 heavy (non-hydrogen) atoms. The number of hydrogen-bond acceptors (Lipinski definition) is 4. The van der Waals surface area contributed by atoms with Gasteiger partial charge in [0.15, 0.2) is 22.3 Å². The second-order valence-corrected chi connectivity index (χ2v) is 5.18. The van der Waals surface area contributed by atoms with Crippen LogP contribution in [0, 0.1) is 11.3 Å². The Morgan fingerprint density at radius 3 is 3.06 bits per heavy atom. The summed E-state index contributed by atoms with van der Waals surface area (Å²) in [6.45, 7) is 0.701. The number of nitrogens with one attached hydrogen (secondary N) is 1. The Hall–Kier alpha value is -1.55. The number of thioether (sulfide) groups is 1. The van der Waals surface area contributed by atoms with Gasteiger partial charge in [-0.05, 0) is 12.8 Å². The van der Waals surface area contributed by atoms with Crippen LogP contribution in [0.5, 0.6) is 0 Å². The Balaban J connectivity index is 1.89. The first-order valence-corrected chi connectivity index (χ1v) is 6.26. The molecule has 1 aliphatic carbocycles. The molecule has 0 radical (unpaired) electrons. The van der Waals surface area contributed by atoms with E-state index in [0.717, 1.165) is 5.75 Å². The number of alkyl halides is 1. The predicted octanol–water partition coefficient (Wildman–Crippen LogP) is 1.30. The van der Waals surface area contributed by atoms with Crippen LogP contribution in [0.25, 0.3) is 0 Å². The highest BCUT2D eigenvalue weighted by molar-refractivity contribution is 7.99. The summed E-state index contributed by atoms with van der Waals surface area (Å²) in [6.07, 6.45) is 0.506. The molecule has 0 spiro atoms. The maximum absolute atomic E-state index is 13.5. The molecular formula is C10H9FN4OS. The highest BCUT2D eigenvalue weighted by atomic mass is 32.2. The Morgan fingerprint density at radius 2 is 2.41 bits per heavy atom. The summed E-state index contributed by atoms with van der Waals surface area (Å²) in [6, 6.07) is 2.00.